The van der Waals surface area contributed by atoms with Gasteiger partial charge in [-0.1, -0.05) is 62.4 Å². The van der Waals surface area contributed by atoms with Gasteiger partial charge in [0.25, 0.3) is 10.9 Å². The van der Waals surface area contributed by atoms with E-state index in [-0.39, 0.29) is 24.6 Å². The topological polar surface area (TPSA) is 114 Å². The standard InChI is InChI=1S/C30H45N3O5/c1-37-16-9-17-38-30(22-12-6-3-7-13-22)23-14-8-15-33(20-23)27-26(28(35)29(27)36)32-24(25(34)19-31)18-21-10-4-2-5-11-21/h3,6-7,12-13,21,23-25,30,32,34H,2,4-5,8-11,14-20,31H2,1H3/t23-,24?,25?,30+/m1/s1. The highest BCUT2D eigenvalue weighted by Gasteiger charge is 2.35. The lowest BCUT2D eigenvalue weighted by Crippen LogP contribution is -2.50. The van der Waals surface area contributed by atoms with Crippen LogP contribution in [0.5, 0.6) is 0 Å². The van der Waals surface area contributed by atoms with Gasteiger partial charge in [0.1, 0.15) is 11.4 Å². The fraction of sp³-hybridized carbons (Fsp3) is 0.667. The second-order valence-corrected chi connectivity index (χ2v) is 11.1. The fourth-order valence-electron chi connectivity index (χ4n) is 6.28. The lowest BCUT2D eigenvalue weighted by atomic mass is 9.83. The van der Waals surface area contributed by atoms with Gasteiger partial charge in [0.2, 0.25) is 0 Å². The van der Waals surface area contributed by atoms with Gasteiger partial charge in [0.05, 0.1) is 18.2 Å². The van der Waals surface area contributed by atoms with Gasteiger partial charge in [-0.2, -0.15) is 0 Å². The summed E-state index contributed by atoms with van der Waals surface area (Å²) in [5, 5.41) is 14.0. The summed E-state index contributed by atoms with van der Waals surface area (Å²) in [6.07, 6.45) is 8.51. The number of aliphatic hydroxyl groups is 1. The third kappa shape index (κ3) is 7.03. The van der Waals surface area contributed by atoms with Crippen LogP contribution in [0, 0.1) is 11.8 Å². The van der Waals surface area contributed by atoms with Crippen molar-refractivity contribution in [3.8, 4) is 0 Å². The van der Waals surface area contributed by atoms with Gasteiger partial charge in [-0.3, -0.25) is 9.59 Å². The molecule has 2 aromatic rings. The van der Waals surface area contributed by atoms with E-state index in [9.17, 15) is 14.7 Å². The molecule has 2 unspecified atom stereocenters. The van der Waals surface area contributed by atoms with Gasteiger partial charge in [-0.15, -0.1) is 0 Å². The van der Waals surface area contributed by atoms with Crippen LogP contribution in [0.1, 0.15) is 69.5 Å². The Labute approximate surface area is 226 Å². The van der Waals surface area contributed by atoms with Crippen molar-refractivity contribution in [2.75, 3.05) is 50.2 Å². The maximum atomic E-state index is 12.9. The number of hydrogen-bond donors (Lipinski definition) is 3. The average molecular weight is 528 g/mol. The van der Waals surface area contributed by atoms with Crippen molar-refractivity contribution < 1.29 is 14.6 Å². The van der Waals surface area contributed by atoms with Crippen molar-refractivity contribution in [2.24, 2.45) is 17.6 Å². The van der Waals surface area contributed by atoms with Gasteiger partial charge in [-0.25, -0.2) is 0 Å². The Morgan fingerprint density at radius 1 is 1.05 bits per heavy atom. The number of piperidine rings is 1. The van der Waals surface area contributed by atoms with E-state index in [1.165, 1.54) is 19.3 Å². The monoisotopic (exact) mass is 527 g/mol. The highest BCUT2D eigenvalue weighted by molar-refractivity contribution is 5.75. The van der Waals surface area contributed by atoms with Crippen LogP contribution in [-0.2, 0) is 9.47 Å². The minimum absolute atomic E-state index is 0.100. The number of nitrogens with zero attached hydrogens (tertiary/aromatic N) is 1. The second-order valence-electron chi connectivity index (χ2n) is 11.1. The van der Waals surface area contributed by atoms with Crippen LogP contribution < -0.4 is 26.8 Å². The second kappa shape index (κ2) is 14.2. The molecule has 2 aliphatic rings. The van der Waals surface area contributed by atoms with Crippen molar-refractivity contribution in [3.63, 3.8) is 0 Å². The summed E-state index contributed by atoms with van der Waals surface area (Å²) in [4.78, 5) is 27.7. The molecule has 0 bridgehead atoms. The Bertz CT molecular complexity index is 1050. The Balaban J connectivity index is 1.50. The van der Waals surface area contributed by atoms with E-state index in [0.29, 0.717) is 43.6 Å². The molecule has 1 heterocycles. The maximum absolute atomic E-state index is 12.9. The molecule has 4 atom stereocenters. The summed E-state index contributed by atoms with van der Waals surface area (Å²) in [5.41, 5.74) is 6.83. The predicted molar refractivity (Wildman–Crippen MR) is 152 cm³/mol. The number of ether oxygens (including phenoxy) is 2. The van der Waals surface area contributed by atoms with Gasteiger partial charge < -0.3 is 30.5 Å². The van der Waals surface area contributed by atoms with E-state index in [4.69, 9.17) is 15.2 Å². The molecule has 0 aromatic heterocycles. The summed E-state index contributed by atoms with van der Waals surface area (Å²) in [5.74, 6) is 0.678. The zero-order chi connectivity index (χ0) is 26.9. The zero-order valence-electron chi connectivity index (χ0n) is 22.8. The van der Waals surface area contributed by atoms with E-state index in [2.05, 4.69) is 22.3 Å². The smallest absolute Gasteiger partial charge is 0.253 e. The van der Waals surface area contributed by atoms with E-state index in [1.54, 1.807) is 7.11 Å². The van der Waals surface area contributed by atoms with Crippen molar-refractivity contribution in [2.45, 2.75) is 76.0 Å². The van der Waals surface area contributed by atoms with Crippen LogP contribution in [0.2, 0.25) is 0 Å². The molecule has 210 valence electrons. The third-order valence-corrected chi connectivity index (χ3v) is 8.35. The van der Waals surface area contributed by atoms with Crippen LogP contribution in [0.3, 0.4) is 0 Å². The first-order valence-corrected chi connectivity index (χ1v) is 14.4. The Morgan fingerprint density at radius 2 is 1.82 bits per heavy atom. The van der Waals surface area contributed by atoms with Gasteiger partial charge in [-0.05, 0) is 37.2 Å². The molecule has 1 saturated heterocycles. The molecule has 0 radical (unpaired) electrons. The predicted octanol–water partition coefficient (Wildman–Crippen LogP) is 3.36. The van der Waals surface area contributed by atoms with Gasteiger partial charge in [0.15, 0.2) is 0 Å². The molecule has 1 saturated carbocycles. The summed E-state index contributed by atoms with van der Waals surface area (Å²) in [6, 6.07) is 9.89. The molecule has 0 amide bonds. The van der Waals surface area contributed by atoms with Crippen molar-refractivity contribution in [1.29, 1.82) is 0 Å². The number of methoxy groups -OCH3 is 1. The van der Waals surface area contributed by atoms with E-state index in [1.807, 2.05) is 18.2 Å². The molecule has 2 aromatic carbocycles. The zero-order valence-corrected chi connectivity index (χ0v) is 22.8. The number of nitrogens with one attached hydrogen (secondary N) is 1. The first-order valence-electron chi connectivity index (χ1n) is 14.4. The largest absolute Gasteiger partial charge is 0.390 e. The maximum Gasteiger partial charge on any atom is 0.253 e. The third-order valence-electron chi connectivity index (χ3n) is 8.35. The molecule has 4 N–H and O–H groups in total. The van der Waals surface area contributed by atoms with Crippen LogP contribution in [-0.4, -0.2) is 57.2 Å². The highest BCUT2D eigenvalue weighted by atomic mass is 16.5. The summed E-state index contributed by atoms with van der Waals surface area (Å²) < 4.78 is 11.6. The quantitative estimate of drug-likeness (QED) is 0.253. The number of hydrogen-bond acceptors (Lipinski definition) is 8. The molecule has 38 heavy (non-hydrogen) atoms. The minimum atomic E-state index is -0.772. The Hall–Kier alpha value is -2.26. The van der Waals surface area contributed by atoms with E-state index >= 15 is 0 Å². The molecule has 8 heteroatoms. The van der Waals surface area contributed by atoms with Crippen LogP contribution >= 0.6 is 0 Å². The molecule has 2 fully saturated rings. The van der Waals surface area contributed by atoms with Crippen LogP contribution in [0.4, 0.5) is 11.4 Å². The lowest BCUT2D eigenvalue weighted by Gasteiger charge is -2.39. The molecular weight excluding hydrogens is 482 g/mol. The minimum Gasteiger partial charge on any atom is -0.390 e. The molecule has 0 spiro atoms. The number of nitrogens with two attached hydrogens (primary N) is 1. The Morgan fingerprint density at radius 3 is 2.53 bits per heavy atom. The first-order chi connectivity index (χ1) is 18.5. The Kier molecular flexibility index (Phi) is 10.8. The summed E-state index contributed by atoms with van der Waals surface area (Å²) in [7, 11) is 1.69. The number of aliphatic hydroxyl groups excluding tert-OH is 1. The SMILES string of the molecule is COCCCO[C@@H](c1ccccc1)[C@@H]1CCCN(c2c(NC(CC3CCCCC3)C(O)CN)c(=O)c2=O)C1. The number of rotatable bonds is 14. The number of anilines is 2. The molecule has 1 aliphatic carbocycles. The van der Waals surface area contributed by atoms with Crippen molar-refractivity contribution in [3.05, 3.63) is 56.3 Å². The van der Waals surface area contributed by atoms with Crippen LogP contribution in [0.15, 0.2) is 39.9 Å². The summed E-state index contributed by atoms with van der Waals surface area (Å²) in [6.45, 7) is 2.70. The summed E-state index contributed by atoms with van der Waals surface area (Å²) >= 11 is 0. The van der Waals surface area contributed by atoms with Crippen LogP contribution in [0.25, 0.3) is 0 Å². The van der Waals surface area contributed by atoms with Gasteiger partial charge in [0, 0.05) is 45.9 Å². The first kappa shape index (κ1) is 28.7. The molecule has 8 nitrogen and oxygen atoms in total. The molecule has 1 aliphatic heterocycles. The lowest BCUT2D eigenvalue weighted by molar-refractivity contribution is -0.00235. The highest BCUT2D eigenvalue weighted by Crippen LogP contribution is 2.36. The average Bonchev–Trinajstić information content (AvgIpc) is 2.96. The van der Waals surface area contributed by atoms with E-state index < -0.39 is 17.0 Å². The van der Waals surface area contributed by atoms with Crippen molar-refractivity contribution >= 4 is 11.4 Å². The van der Waals surface area contributed by atoms with E-state index in [0.717, 1.165) is 44.1 Å². The van der Waals surface area contributed by atoms with Crippen molar-refractivity contribution in [1.82, 2.24) is 0 Å². The normalized spacial score (nSPS) is 21.3. The fourth-order valence-corrected chi connectivity index (χ4v) is 6.28. The number of benzene rings is 1. The molecular formula is C30H45N3O5. The molecule has 4 rings (SSSR count). The van der Waals surface area contributed by atoms with Gasteiger partial charge >= 0.3 is 0 Å².